The van der Waals surface area contributed by atoms with Crippen LogP contribution in [-0.2, 0) is 4.79 Å². The molecule has 0 N–H and O–H groups in total. The minimum atomic E-state index is -0.174. The van der Waals surface area contributed by atoms with E-state index in [1.54, 1.807) is 17.0 Å². The molecule has 1 aromatic rings. The largest absolute Gasteiger partial charge is 0.494 e. The zero-order valence-electron chi connectivity index (χ0n) is 13.6. The number of halogens is 2. The van der Waals surface area contributed by atoms with Crippen molar-refractivity contribution in [3.05, 3.63) is 27.7 Å². The highest BCUT2D eigenvalue weighted by Crippen LogP contribution is 2.33. The molecule has 7 heteroatoms. The van der Waals surface area contributed by atoms with Crippen molar-refractivity contribution in [3.63, 3.8) is 0 Å². The number of hydrogen-bond acceptors (Lipinski definition) is 3. The van der Waals surface area contributed by atoms with Crippen LogP contribution in [0.25, 0.3) is 0 Å². The first-order chi connectivity index (χ1) is 11.5. The Morgan fingerprint density at radius 2 is 1.71 bits per heavy atom. The van der Waals surface area contributed by atoms with Gasteiger partial charge in [-0.1, -0.05) is 29.6 Å². The second-order valence-corrected chi connectivity index (χ2v) is 7.06. The van der Waals surface area contributed by atoms with Crippen LogP contribution in [0.1, 0.15) is 29.6 Å². The lowest BCUT2D eigenvalue weighted by atomic mass is 9.84. The predicted octanol–water partition coefficient (Wildman–Crippen LogP) is 3.09. The molecule has 1 saturated heterocycles. The van der Waals surface area contributed by atoms with Crippen molar-refractivity contribution < 1.29 is 14.3 Å². The number of nitrogens with zero attached hydrogens (tertiary/aromatic N) is 2. The number of ether oxygens (including phenoxy) is 1. The Balaban J connectivity index is 1.68. The summed E-state index contributed by atoms with van der Waals surface area (Å²) in [5, 5.41) is 0.704. The molecule has 0 spiro atoms. The minimum Gasteiger partial charge on any atom is -0.494 e. The van der Waals surface area contributed by atoms with Crippen LogP contribution in [0, 0.1) is 5.92 Å². The number of carbonyl (C=O) groups excluding carboxylic acids is 2. The molecule has 0 unspecified atom stereocenters. The topological polar surface area (TPSA) is 49.9 Å². The van der Waals surface area contributed by atoms with Gasteiger partial charge >= 0.3 is 0 Å². The Hall–Kier alpha value is -1.46. The summed E-state index contributed by atoms with van der Waals surface area (Å²) in [6.45, 7) is 2.14. The lowest BCUT2D eigenvalue weighted by molar-refractivity contribution is -0.139. The summed E-state index contributed by atoms with van der Waals surface area (Å²) in [4.78, 5) is 28.7. The van der Waals surface area contributed by atoms with E-state index in [2.05, 4.69) is 0 Å². The number of carbonyl (C=O) groups is 2. The number of piperazine rings is 1. The lowest BCUT2D eigenvalue weighted by Gasteiger charge is -2.38. The van der Waals surface area contributed by atoms with Gasteiger partial charge in [-0.3, -0.25) is 9.59 Å². The molecule has 0 atom stereocenters. The summed E-state index contributed by atoms with van der Waals surface area (Å²) in [7, 11) is 1.47. The summed E-state index contributed by atoms with van der Waals surface area (Å²) in [6, 6.07) is 3.12. The highest BCUT2D eigenvalue weighted by Gasteiger charge is 2.32. The van der Waals surface area contributed by atoms with Crippen LogP contribution in [0.15, 0.2) is 12.1 Å². The molecule has 1 heterocycles. The van der Waals surface area contributed by atoms with Crippen LogP contribution in [0.3, 0.4) is 0 Å². The van der Waals surface area contributed by atoms with Gasteiger partial charge in [0.15, 0.2) is 0 Å². The maximum absolute atomic E-state index is 12.8. The fourth-order valence-electron chi connectivity index (χ4n) is 3.14. The van der Waals surface area contributed by atoms with E-state index in [4.69, 9.17) is 27.9 Å². The van der Waals surface area contributed by atoms with Gasteiger partial charge < -0.3 is 14.5 Å². The third-order valence-electron chi connectivity index (χ3n) is 4.78. The van der Waals surface area contributed by atoms with E-state index in [1.807, 2.05) is 4.90 Å². The first kappa shape index (κ1) is 17.4. The summed E-state index contributed by atoms with van der Waals surface area (Å²) in [5.41, 5.74) is 0.355. The van der Waals surface area contributed by atoms with E-state index < -0.39 is 0 Å². The van der Waals surface area contributed by atoms with Gasteiger partial charge in [-0.2, -0.15) is 0 Å². The molecule has 1 aliphatic carbocycles. The van der Waals surface area contributed by atoms with Crippen molar-refractivity contribution in [2.45, 2.75) is 19.3 Å². The molecule has 3 rings (SSSR count). The minimum absolute atomic E-state index is 0.174. The van der Waals surface area contributed by atoms with Crippen molar-refractivity contribution in [3.8, 4) is 5.75 Å². The summed E-state index contributed by atoms with van der Waals surface area (Å²) in [6.07, 6.45) is 3.14. The smallest absolute Gasteiger partial charge is 0.257 e. The Kier molecular flexibility index (Phi) is 5.21. The van der Waals surface area contributed by atoms with Crippen molar-refractivity contribution in [1.29, 1.82) is 0 Å². The molecule has 2 aliphatic rings. The Labute approximate surface area is 151 Å². The van der Waals surface area contributed by atoms with Gasteiger partial charge in [-0.15, -0.1) is 0 Å². The van der Waals surface area contributed by atoms with Gasteiger partial charge in [0, 0.05) is 37.1 Å². The zero-order chi connectivity index (χ0) is 17.3. The molecule has 5 nitrogen and oxygen atoms in total. The SMILES string of the molecule is COc1c(Cl)cc(Cl)cc1C(=O)N1CCN(C(=O)C2CCC2)CC1. The van der Waals surface area contributed by atoms with Gasteiger partial charge in [0.25, 0.3) is 5.91 Å². The third-order valence-corrected chi connectivity index (χ3v) is 5.27. The maximum Gasteiger partial charge on any atom is 0.257 e. The van der Waals surface area contributed by atoms with Gasteiger partial charge in [0.2, 0.25) is 5.91 Å². The van der Waals surface area contributed by atoms with E-state index in [1.165, 1.54) is 7.11 Å². The molecule has 0 aromatic heterocycles. The Morgan fingerprint density at radius 3 is 2.25 bits per heavy atom. The van der Waals surface area contributed by atoms with E-state index in [0.717, 1.165) is 19.3 Å². The number of hydrogen-bond donors (Lipinski definition) is 0. The van der Waals surface area contributed by atoms with E-state index in [9.17, 15) is 9.59 Å². The average molecular weight is 371 g/mol. The molecule has 130 valence electrons. The van der Waals surface area contributed by atoms with E-state index >= 15 is 0 Å². The van der Waals surface area contributed by atoms with Crippen LogP contribution in [0.4, 0.5) is 0 Å². The highest BCUT2D eigenvalue weighted by atomic mass is 35.5. The van der Waals surface area contributed by atoms with Gasteiger partial charge in [0.05, 0.1) is 17.7 Å². The zero-order valence-corrected chi connectivity index (χ0v) is 15.1. The first-order valence-electron chi connectivity index (χ1n) is 8.12. The van der Waals surface area contributed by atoms with Gasteiger partial charge in [-0.25, -0.2) is 0 Å². The van der Waals surface area contributed by atoms with Crippen molar-refractivity contribution in [1.82, 2.24) is 9.80 Å². The molecule has 0 bridgehead atoms. The number of methoxy groups -OCH3 is 1. The number of benzene rings is 1. The predicted molar refractivity (Wildman–Crippen MR) is 92.8 cm³/mol. The lowest BCUT2D eigenvalue weighted by Crippen LogP contribution is -2.52. The van der Waals surface area contributed by atoms with E-state index in [0.29, 0.717) is 47.5 Å². The molecule has 24 heavy (non-hydrogen) atoms. The molecular formula is C17H20Cl2N2O3. The van der Waals surface area contributed by atoms with Crippen molar-refractivity contribution in [2.24, 2.45) is 5.92 Å². The second-order valence-electron chi connectivity index (χ2n) is 6.21. The fourth-order valence-corrected chi connectivity index (χ4v) is 3.71. The molecule has 1 aliphatic heterocycles. The monoisotopic (exact) mass is 370 g/mol. The third kappa shape index (κ3) is 3.33. The summed E-state index contributed by atoms with van der Waals surface area (Å²) >= 11 is 12.1. The van der Waals surface area contributed by atoms with Crippen molar-refractivity contribution in [2.75, 3.05) is 33.3 Å². The first-order valence-corrected chi connectivity index (χ1v) is 8.88. The molecule has 1 aromatic carbocycles. The number of amides is 2. The van der Waals surface area contributed by atoms with Crippen LogP contribution in [0.5, 0.6) is 5.75 Å². The Morgan fingerprint density at radius 1 is 1.08 bits per heavy atom. The standard InChI is InChI=1S/C17H20Cl2N2O3/c1-24-15-13(9-12(18)10-14(15)19)17(23)21-7-5-20(6-8-21)16(22)11-3-2-4-11/h9-11H,2-8H2,1H3. The average Bonchev–Trinajstić information content (AvgIpc) is 2.52. The van der Waals surface area contributed by atoms with Crippen LogP contribution in [-0.4, -0.2) is 54.9 Å². The normalized spacial score (nSPS) is 18.3. The summed E-state index contributed by atoms with van der Waals surface area (Å²) < 4.78 is 5.25. The maximum atomic E-state index is 12.8. The Bertz CT molecular complexity index is 653. The quantitative estimate of drug-likeness (QED) is 0.821. The van der Waals surface area contributed by atoms with Gasteiger partial charge in [-0.05, 0) is 25.0 Å². The molecule has 2 amide bonds. The highest BCUT2D eigenvalue weighted by molar-refractivity contribution is 6.36. The van der Waals surface area contributed by atoms with Crippen LogP contribution < -0.4 is 4.74 Å². The van der Waals surface area contributed by atoms with Crippen LogP contribution >= 0.6 is 23.2 Å². The van der Waals surface area contributed by atoms with Gasteiger partial charge in [0.1, 0.15) is 5.75 Å². The summed E-state index contributed by atoms with van der Waals surface area (Å²) in [5.74, 6) is 0.585. The molecule has 1 saturated carbocycles. The van der Waals surface area contributed by atoms with Crippen molar-refractivity contribution >= 4 is 35.0 Å². The number of rotatable bonds is 3. The molecule has 2 fully saturated rings. The fraction of sp³-hybridized carbons (Fsp3) is 0.529. The van der Waals surface area contributed by atoms with E-state index in [-0.39, 0.29) is 17.7 Å². The second kappa shape index (κ2) is 7.19. The molecular weight excluding hydrogens is 351 g/mol. The van der Waals surface area contributed by atoms with Crippen LogP contribution in [0.2, 0.25) is 10.0 Å². The molecule has 0 radical (unpaired) electrons.